The minimum atomic E-state index is -0.520. The average molecular weight is 468 g/mol. The van der Waals surface area contributed by atoms with E-state index >= 15 is 0 Å². The number of H-pyrrole nitrogens is 1. The molecule has 0 aliphatic carbocycles. The van der Waals surface area contributed by atoms with E-state index in [2.05, 4.69) is 4.98 Å². The number of hydrogen-bond donors (Lipinski definition) is 2. The number of fused-ring (bicyclic) bond motifs is 2. The van der Waals surface area contributed by atoms with Gasteiger partial charge in [0, 0.05) is 13.0 Å². The second-order valence-electron chi connectivity index (χ2n) is 8.36. The number of quaternary nitrogens is 1. The van der Waals surface area contributed by atoms with Crippen molar-refractivity contribution < 1.29 is 24.2 Å². The molecule has 2 aromatic carbocycles. The number of nitrogens with one attached hydrogen (secondary N) is 2. The summed E-state index contributed by atoms with van der Waals surface area (Å²) in [5.74, 6) is 1.29. The van der Waals surface area contributed by atoms with Crippen LogP contribution in [0.3, 0.4) is 0 Å². The van der Waals surface area contributed by atoms with Crippen molar-refractivity contribution in [3.05, 3.63) is 73.8 Å². The number of methoxy groups -OCH3 is 1. The van der Waals surface area contributed by atoms with Crippen molar-refractivity contribution in [3.8, 4) is 23.1 Å². The lowest BCUT2D eigenvalue weighted by Gasteiger charge is -2.35. The Bertz CT molecular complexity index is 1320. The van der Waals surface area contributed by atoms with Gasteiger partial charge in [0.15, 0.2) is 16.3 Å². The van der Waals surface area contributed by atoms with Crippen LogP contribution in [0.15, 0.2) is 41.2 Å². The molecule has 0 saturated heterocycles. The fourth-order valence-corrected chi connectivity index (χ4v) is 5.09. The third-order valence-corrected chi connectivity index (χ3v) is 6.78. The molecule has 0 bridgehead atoms. The van der Waals surface area contributed by atoms with E-state index in [-0.39, 0.29) is 23.0 Å². The number of aromatic nitrogens is 2. The van der Waals surface area contributed by atoms with Gasteiger partial charge in [-0.15, -0.1) is 0 Å². The lowest BCUT2D eigenvalue weighted by atomic mass is 9.87. The maximum Gasteiger partial charge on any atom is 0.260 e. The summed E-state index contributed by atoms with van der Waals surface area (Å²) in [4.78, 5) is 16.9. The molecule has 2 atom stereocenters. The Balaban J connectivity index is 1.64. The highest BCUT2D eigenvalue weighted by atomic mass is 32.1. The van der Waals surface area contributed by atoms with Crippen LogP contribution in [0.4, 0.5) is 0 Å². The molecule has 2 aliphatic rings. The van der Waals surface area contributed by atoms with Gasteiger partial charge in [0.05, 0.1) is 31.8 Å². The number of likely N-dealkylation sites (N-methyl/N-ethyl adjacent to an activating group) is 1. The minimum Gasteiger partial charge on any atom is -0.859 e. The first-order valence-corrected chi connectivity index (χ1v) is 11.3. The van der Waals surface area contributed by atoms with Crippen LogP contribution in [0, 0.1) is 4.77 Å². The van der Waals surface area contributed by atoms with E-state index in [1.807, 2.05) is 43.4 Å². The van der Waals surface area contributed by atoms with E-state index in [0.29, 0.717) is 30.2 Å². The van der Waals surface area contributed by atoms with Crippen LogP contribution in [0.1, 0.15) is 28.3 Å². The van der Waals surface area contributed by atoms with Crippen molar-refractivity contribution in [2.45, 2.75) is 25.4 Å². The Morgan fingerprint density at radius 2 is 2.06 bits per heavy atom. The number of nitrogens with zero attached hydrogens (tertiary/aromatic N) is 1. The van der Waals surface area contributed by atoms with Gasteiger partial charge in [-0.05, 0) is 41.7 Å². The van der Waals surface area contributed by atoms with Crippen molar-refractivity contribution >= 4 is 12.2 Å². The van der Waals surface area contributed by atoms with Gasteiger partial charge in [-0.2, -0.15) is 0 Å². The van der Waals surface area contributed by atoms with Crippen molar-refractivity contribution in [1.29, 1.82) is 0 Å². The fourth-order valence-electron chi connectivity index (χ4n) is 4.83. The monoisotopic (exact) mass is 467 g/mol. The molecule has 1 aromatic heterocycles. The molecule has 3 aromatic rings. The van der Waals surface area contributed by atoms with Crippen LogP contribution in [0.25, 0.3) is 0 Å². The van der Waals surface area contributed by atoms with Gasteiger partial charge >= 0.3 is 0 Å². The molecule has 0 radical (unpaired) electrons. The molecule has 0 saturated carbocycles. The summed E-state index contributed by atoms with van der Waals surface area (Å²) in [6.07, 6.45) is 1.39. The van der Waals surface area contributed by atoms with Crippen molar-refractivity contribution in [3.63, 3.8) is 0 Å². The zero-order chi connectivity index (χ0) is 23.1. The van der Waals surface area contributed by atoms with Crippen molar-refractivity contribution in [1.82, 2.24) is 9.55 Å². The quantitative estimate of drug-likeness (QED) is 0.547. The largest absolute Gasteiger partial charge is 0.859 e. The van der Waals surface area contributed by atoms with Crippen LogP contribution in [-0.2, 0) is 19.4 Å². The summed E-state index contributed by atoms with van der Waals surface area (Å²) >= 11 is 5.36. The SMILES string of the molecule is COc1c2c(cc3c1[C@H](c1c([O-])n(CCc4ccccc4)c(=S)[nH]c1=O)[NH+](C)CC3)OCO2. The fraction of sp³-hybridized carbons (Fsp3) is 0.333. The molecular weight excluding hydrogens is 442 g/mol. The molecule has 1 unspecified atom stereocenters. The van der Waals surface area contributed by atoms with Gasteiger partial charge in [0.2, 0.25) is 12.5 Å². The summed E-state index contributed by atoms with van der Waals surface area (Å²) in [5, 5.41) is 13.7. The Kier molecular flexibility index (Phi) is 5.59. The lowest BCUT2D eigenvalue weighted by Crippen LogP contribution is -3.10. The van der Waals surface area contributed by atoms with Crippen LogP contribution in [0.5, 0.6) is 23.1 Å². The van der Waals surface area contributed by atoms with Crippen LogP contribution >= 0.6 is 12.2 Å². The van der Waals surface area contributed by atoms with Gasteiger partial charge in [-0.25, -0.2) is 0 Å². The number of aromatic amines is 1. The summed E-state index contributed by atoms with van der Waals surface area (Å²) in [7, 11) is 3.54. The molecule has 0 amide bonds. The molecule has 0 spiro atoms. The molecule has 172 valence electrons. The third kappa shape index (κ3) is 3.67. The number of ether oxygens (including phenoxy) is 3. The number of benzene rings is 2. The number of hydrogen-bond acceptors (Lipinski definition) is 6. The highest BCUT2D eigenvalue weighted by Crippen LogP contribution is 2.48. The zero-order valence-electron chi connectivity index (χ0n) is 18.5. The van der Waals surface area contributed by atoms with E-state index in [0.717, 1.165) is 34.6 Å². The zero-order valence-corrected chi connectivity index (χ0v) is 19.3. The predicted molar refractivity (Wildman–Crippen MR) is 122 cm³/mol. The maximum atomic E-state index is 13.7. The van der Waals surface area contributed by atoms with Crippen LogP contribution < -0.4 is 29.8 Å². The summed E-state index contributed by atoms with van der Waals surface area (Å²) < 4.78 is 18.6. The summed E-state index contributed by atoms with van der Waals surface area (Å²) in [6, 6.07) is 11.3. The standard InChI is InChI=1S/C24H25N3O5S/c1-26-10-9-15-12-16-20(32-13-31-16)21(30-2)17(15)19(26)18-22(28)25-24(33)27(23(18)29)11-8-14-6-4-3-5-7-14/h3-7,12,19,29H,8-11,13H2,1-2H3,(H,25,28,33)/t19-/m1/s1. The van der Waals surface area contributed by atoms with E-state index < -0.39 is 11.6 Å². The normalized spacial score (nSPS) is 18.7. The first-order chi connectivity index (χ1) is 16.0. The van der Waals surface area contributed by atoms with E-state index in [4.69, 9.17) is 26.4 Å². The Morgan fingerprint density at radius 3 is 2.82 bits per heavy atom. The smallest absolute Gasteiger partial charge is 0.260 e. The van der Waals surface area contributed by atoms with Crippen molar-refractivity contribution in [2.75, 3.05) is 27.5 Å². The molecule has 2 aliphatic heterocycles. The van der Waals surface area contributed by atoms with Gasteiger partial charge in [0.25, 0.3) is 5.56 Å². The molecular formula is C24H25N3O5S. The molecule has 8 nitrogen and oxygen atoms in total. The first-order valence-electron chi connectivity index (χ1n) is 10.9. The third-order valence-electron chi connectivity index (χ3n) is 6.46. The average Bonchev–Trinajstić information content (AvgIpc) is 3.27. The van der Waals surface area contributed by atoms with Gasteiger partial charge in [-0.3, -0.25) is 9.78 Å². The van der Waals surface area contributed by atoms with Gasteiger partial charge in [0.1, 0.15) is 6.04 Å². The van der Waals surface area contributed by atoms with E-state index in [1.54, 1.807) is 7.11 Å². The van der Waals surface area contributed by atoms with E-state index in [1.165, 1.54) is 4.57 Å². The second-order valence-corrected chi connectivity index (χ2v) is 8.75. The van der Waals surface area contributed by atoms with Crippen LogP contribution in [0.2, 0.25) is 0 Å². The van der Waals surface area contributed by atoms with Gasteiger partial charge in [-0.1, -0.05) is 30.3 Å². The lowest BCUT2D eigenvalue weighted by molar-refractivity contribution is -0.908. The molecule has 5 rings (SSSR count). The molecule has 0 fully saturated rings. The molecule has 9 heteroatoms. The number of rotatable bonds is 5. The minimum absolute atomic E-state index is 0.111. The number of aryl methyl sites for hydroxylation is 1. The Hall–Kier alpha value is -3.30. The molecule has 2 N–H and O–H groups in total. The first kappa shape index (κ1) is 21.5. The maximum absolute atomic E-state index is 13.7. The second kappa shape index (κ2) is 8.57. The Morgan fingerprint density at radius 1 is 1.27 bits per heavy atom. The molecule has 33 heavy (non-hydrogen) atoms. The summed E-state index contributed by atoms with van der Waals surface area (Å²) in [6.45, 7) is 1.24. The topological polar surface area (TPSA) is 93.0 Å². The highest BCUT2D eigenvalue weighted by Gasteiger charge is 2.39. The highest BCUT2D eigenvalue weighted by molar-refractivity contribution is 7.71. The Labute approximate surface area is 196 Å². The molecule has 3 heterocycles. The van der Waals surface area contributed by atoms with Gasteiger partial charge < -0.3 is 28.8 Å². The van der Waals surface area contributed by atoms with Crippen molar-refractivity contribution in [2.24, 2.45) is 0 Å². The predicted octanol–water partition coefficient (Wildman–Crippen LogP) is 1.12. The summed E-state index contributed by atoms with van der Waals surface area (Å²) in [5.41, 5.74) is 2.57. The van der Waals surface area contributed by atoms with Crippen LogP contribution in [-0.4, -0.2) is 37.0 Å². The van der Waals surface area contributed by atoms with E-state index in [9.17, 15) is 9.90 Å².